The highest BCUT2D eigenvalue weighted by Crippen LogP contribution is 2.61. The van der Waals surface area contributed by atoms with Gasteiger partial charge in [-0.15, -0.1) is 34.0 Å². The molecule has 0 N–H and O–H groups in total. The molecule has 4 nitrogen and oxygen atoms in total. The van der Waals surface area contributed by atoms with Crippen molar-refractivity contribution in [2.24, 2.45) is 0 Å². The summed E-state index contributed by atoms with van der Waals surface area (Å²) in [5.41, 5.74) is 6.11. The summed E-state index contributed by atoms with van der Waals surface area (Å²) in [7, 11) is 0. The molecule has 11 heteroatoms. The minimum atomic E-state index is -1.93. The van der Waals surface area contributed by atoms with Crippen molar-refractivity contribution in [3.05, 3.63) is 187 Å². The second-order valence-electron chi connectivity index (χ2n) is 13.9. The highest BCUT2D eigenvalue weighted by Gasteiger charge is 2.61. The van der Waals surface area contributed by atoms with Crippen LogP contribution in [0.4, 0.5) is 0 Å². The van der Waals surface area contributed by atoms with Gasteiger partial charge in [-0.2, -0.15) is 0 Å². The van der Waals surface area contributed by atoms with Gasteiger partial charge >= 0.3 is 11.9 Å². The van der Waals surface area contributed by atoms with Crippen LogP contribution in [0.1, 0.15) is 54.3 Å². The Morgan fingerprint density at radius 2 is 0.966 bits per heavy atom. The molecule has 0 saturated carbocycles. The molecule has 0 atom stereocenters. The second-order valence-corrected chi connectivity index (χ2v) is 18.8. The Morgan fingerprint density at radius 3 is 1.43 bits per heavy atom. The van der Waals surface area contributed by atoms with E-state index in [1.807, 2.05) is 127 Å². The molecule has 10 rings (SSSR count). The van der Waals surface area contributed by atoms with Crippen LogP contribution < -0.4 is 0 Å². The molecule has 0 fully saturated rings. The maximum absolute atomic E-state index is 15.2. The lowest BCUT2D eigenvalue weighted by Crippen LogP contribution is -2.45. The van der Waals surface area contributed by atoms with Gasteiger partial charge in [0.05, 0.1) is 33.9 Å². The van der Waals surface area contributed by atoms with Gasteiger partial charge in [0.15, 0.2) is 0 Å². The van der Waals surface area contributed by atoms with E-state index in [4.69, 9.17) is 58.3 Å². The van der Waals surface area contributed by atoms with E-state index >= 15 is 9.59 Å². The fraction of sp³-hybridized carbons (Fsp3) is 0.0638. The highest BCUT2D eigenvalue weighted by atomic mass is 32.1. The molecule has 3 heterocycles. The van der Waals surface area contributed by atoms with E-state index in [0.717, 1.165) is 73.4 Å². The molecule has 58 heavy (non-hydrogen) atoms. The van der Waals surface area contributed by atoms with Crippen LogP contribution in [0.2, 0.25) is 0 Å². The van der Waals surface area contributed by atoms with Gasteiger partial charge in [-0.1, -0.05) is 158 Å². The van der Waals surface area contributed by atoms with E-state index in [1.54, 1.807) is 11.3 Å². The standard InChI is InChI=1S/C47H26O4S7/c48-45(50-23-25-11-3-1-4-12-25)47(46(49)51-24-26-13-5-2-6-14-26)35-21-27(19-33-38(52)29-15-7-8-16-30(29)39(33)53)56-42(35)44-37(47)43-36(58-44)22-28(57-43)20-34-40(54)31-17-9-10-18-32(31)41(34)55/h1-22H,23-24H2. The molecule has 0 saturated heterocycles. The third-order valence-electron chi connectivity index (χ3n) is 10.5. The average molecular weight is 879 g/mol. The minimum absolute atomic E-state index is 0.0234. The van der Waals surface area contributed by atoms with Crippen molar-refractivity contribution in [3.8, 4) is 9.75 Å². The maximum Gasteiger partial charge on any atom is 0.333 e. The number of carbonyl (C=O) groups excluding carboxylic acids is 2. The summed E-state index contributed by atoms with van der Waals surface area (Å²) in [6, 6.07) is 38.7. The van der Waals surface area contributed by atoms with Crippen molar-refractivity contribution in [2.45, 2.75) is 18.6 Å². The van der Waals surface area contributed by atoms with Crippen LogP contribution in [0.3, 0.4) is 0 Å². The zero-order chi connectivity index (χ0) is 39.7. The molecule has 3 aliphatic rings. The number of hydrogen-bond donors (Lipinski definition) is 0. The van der Waals surface area contributed by atoms with Crippen LogP contribution in [0.25, 0.3) is 31.3 Å². The number of thiophene rings is 3. The Balaban J connectivity index is 1.14. The molecule has 7 aromatic rings. The molecular weight excluding hydrogens is 853 g/mol. The van der Waals surface area contributed by atoms with Crippen molar-refractivity contribution in [1.82, 2.24) is 0 Å². The van der Waals surface area contributed by atoms with E-state index in [9.17, 15) is 0 Å². The Bertz CT molecular complexity index is 2890. The van der Waals surface area contributed by atoms with E-state index < -0.39 is 17.4 Å². The van der Waals surface area contributed by atoms with Crippen LogP contribution in [0.5, 0.6) is 0 Å². The van der Waals surface area contributed by atoms with E-state index in [0.29, 0.717) is 30.6 Å². The molecule has 0 unspecified atom stereocenters. The van der Waals surface area contributed by atoms with Crippen molar-refractivity contribution >= 4 is 136 Å². The Labute approximate surface area is 367 Å². The van der Waals surface area contributed by atoms with E-state index in [1.165, 1.54) is 22.7 Å². The Kier molecular flexibility index (Phi) is 9.45. The zero-order valence-electron chi connectivity index (χ0n) is 30.1. The molecule has 0 radical (unpaired) electrons. The minimum Gasteiger partial charge on any atom is -0.459 e. The Morgan fingerprint density at radius 1 is 0.534 bits per heavy atom. The molecule has 0 spiro atoms. The van der Waals surface area contributed by atoms with Gasteiger partial charge < -0.3 is 9.47 Å². The fourth-order valence-electron chi connectivity index (χ4n) is 7.80. The summed E-state index contributed by atoms with van der Waals surface area (Å²) in [6.07, 6.45) is 4.01. The number of ether oxygens (including phenoxy) is 2. The maximum atomic E-state index is 15.2. The van der Waals surface area contributed by atoms with Crippen LogP contribution in [0, 0.1) is 0 Å². The first-order chi connectivity index (χ1) is 28.2. The van der Waals surface area contributed by atoms with Gasteiger partial charge in [-0.05, 0) is 35.4 Å². The topological polar surface area (TPSA) is 52.6 Å². The molecule has 0 bridgehead atoms. The summed E-state index contributed by atoms with van der Waals surface area (Å²) in [4.78, 5) is 36.4. The summed E-state index contributed by atoms with van der Waals surface area (Å²) in [6.45, 7) is -0.0468. The smallest absolute Gasteiger partial charge is 0.333 e. The van der Waals surface area contributed by atoms with Gasteiger partial charge in [-0.3, -0.25) is 9.59 Å². The SMILES string of the molecule is O=C(OCc1ccccc1)C1(C(=O)OCc2ccccc2)c2cc(C=C3C(=S)c4ccccc4C3=S)sc2-c2sc3cc(C=C4C(=S)c5ccccc5C4=S)sc3c21. The number of carbonyl (C=O) groups is 2. The number of fused-ring (bicyclic) bond motifs is 7. The van der Waals surface area contributed by atoms with E-state index in [2.05, 4.69) is 6.07 Å². The summed E-state index contributed by atoms with van der Waals surface area (Å²) in [5.74, 6) is -1.40. The molecule has 280 valence electrons. The van der Waals surface area contributed by atoms with Gasteiger partial charge in [0.1, 0.15) is 13.2 Å². The normalized spacial score (nSPS) is 14.7. The van der Waals surface area contributed by atoms with Gasteiger partial charge in [0, 0.05) is 59.0 Å². The number of benzene rings is 4. The molecular formula is C47H26O4S7. The van der Waals surface area contributed by atoms with Crippen LogP contribution >= 0.6 is 82.9 Å². The predicted molar refractivity (Wildman–Crippen MR) is 252 cm³/mol. The molecule has 4 aromatic carbocycles. The quantitative estimate of drug-likeness (QED) is 0.0648. The number of allylic oxidation sites excluding steroid dienone is 2. The molecule has 3 aliphatic carbocycles. The van der Waals surface area contributed by atoms with Crippen molar-refractivity contribution in [3.63, 3.8) is 0 Å². The average Bonchev–Trinajstić information content (AvgIpc) is 4.07. The Hall–Kier alpha value is -4.98. The largest absolute Gasteiger partial charge is 0.459 e. The van der Waals surface area contributed by atoms with E-state index in [-0.39, 0.29) is 13.2 Å². The lowest BCUT2D eigenvalue weighted by Gasteiger charge is -2.26. The third kappa shape index (κ3) is 5.91. The van der Waals surface area contributed by atoms with Crippen molar-refractivity contribution in [1.29, 1.82) is 0 Å². The van der Waals surface area contributed by atoms with Gasteiger partial charge in [0.25, 0.3) is 0 Å². The summed E-state index contributed by atoms with van der Waals surface area (Å²) >= 11 is 28.2. The van der Waals surface area contributed by atoms with Gasteiger partial charge in [0.2, 0.25) is 5.41 Å². The lowest BCUT2D eigenvalue weighted by molar-refractivity contribution is -0.164. The van der Waals surface area contributed by atoms with Crippen LogP contribution in [-0.2, 0) is 37.7 Å². The number of esters is 2. The lowest BCUT2D eigenvalue weighted by atomic mass is 9.79. The number of thiocarbonyl (C=S) groups is 4. The summed E-state index contributed by atoms with van der Waals surface area (Å²) < 4.78 is 14.1. The first-order valence-corrected chi connectivity index (χ1v) is 22.3. The summed E-state index contributed by atoms with van der Waals surface area (Å²) in [5, 5.41) is 0. The second kappa shape index (κ2) is 14.7. The zero-order valence-corrected chi connectivity index (χ0v) is 35.8. The van der Waals surface area contributed by atoms with Crippen LogP contribution in [0.15, 0.2) is 132 Å². The van der Waals surface area contributed by atoms with Gasteiger partial charge in [-0.25, -0.2) is 0 Å². The van der Waals surface area contributed by atoms with Crippen LogP contribution in [-0.4, -0.2) is 31.4 Å². The van der Waals surface area contributed by atoms with Crippen molar-refractivity contribution in [2.75, 3.05) is 0 Å². The predicted octanol–water partition coefficient (Wildman–Crippen LogP) is 11.8. The number of hydrogen-bond acceptors (Lipinski definition) is 11. The molecule has 0 amide bonds. The fourth-order valence-corrected chi connectivity index (χ4v) is 13.3. The molecule has 0 aliphatic heterocycles. The third-order valence-corrected chi connectivity index (χ3v) is 15.9. The first-order valence-electron chi connectivity index (χ1n) is 18.2. The monoisotopic (exact) mass is 878 g/mol. The highest BCUT2D eigenvalue weighted by molar-refractivity contribution is 7.84. The van der Waals surface area contributed by atoms with Crippen molar-refractivity contribution < 1.29 is 19.1 Å². The molecule has 3 aromatic heterocycles. The number of rotatable bonds is 8. The first kappa shape index (κ1) is 37.3.